The van der Waals surface area contributed by atoms with E-state index in [0.717, 1.165) is 4.47 Å². The van der Waals surface area contributed by atoms with Gasteiger partial charge in [0.25, 0.3) is 0 Å². The molecule has 1 rings (SSSR count). The summed E-state index contributed by atoms with van der Waals surface area (Å²) in [6.45, 7) is 5.33. The Balaban J connectivity index is 2.66. The molecule has 0 fully saturated rings. The molecule has 0 saturated heterocycles. The van der Waals surface area contributed by atoms with Crippen LogP contribution in [0.25, 0.3) is 0 Å². The Hall–Kier alpha value is -1.46. The summed E-state index contributed by atoms with van der Waals surface area (Å²) in [5, 5.41) is 8.83. The van der Waals surface area contributed by atoms with Gasteiger partial charge < -0.3 is 9.84 Å². The lowest BCUT2D eigenvalue weighted by atomic mass is 9.97. The molecule has 5 heteroatoms. The Morgan fingerprint density at radius 3 is 2.38 bits per heavy atom. The van der Waals surface area contributed by atoms with Gasteiger partial charge in [-0.1, -0.05) is 40.2 Å². The Kier molecular flexibility index (Phi) is 8.36. The van der Waals surface area contributed by atoms with Gasteiger partial charge in [0.1, 0.15) is 6.10 Å². The molecule has 0 aliphatic heterocycles. The lowest BCUT2D eigenvalue weighted by Crippen LogP contribution is -2.28. The highest BCUT2D eigenvalue weighted by atomic mass is 79.9. The van der Waals surface area contributed by atoms with Gasteiger partial charge in [-0.25, -0.2) is 0 Å². The fraction of sp³-hybridized carbons (Fsp3) is 0.474. The topological polar surface area (TPSA) is 63.6 Å². The fourth-order valence-electron chi connectivity index (χ4n) is 1.95. The van der Waals surface area contributed by atoms with Crippen LogP contribution in [0.2, 0.25) is 0 Å². The molecule has 4 nitrogen and oxygen atoms in total. The number of aliphatic hydroxyl groups excluding tert-OH is 1. The highest BCUT2D eigenvalue weighted by molar-refractivity contribution is 9.10. The maximum atomic E-state index is 12.3. The van der Waals surface area contributed by atoms with Gasteiger partial charge in [-0.05, 0) is 39.3 Å². The van der Waals surface area contributed by atoms with Crippen molar-refractivity contribution in [2.75, 3.05) is 6.61 Å². The molecule has 0 aliphatic carbocycles. The van der Waals surface area contributed by atoms with Gasteiger partial charge >= 0.3 is 5.97 Å². The minimum Gasteiger partial charge on any atom is -0.462 e. The number of aliphatic hydroxyl groups is 1. The van der Waals surface area contributed by atoms with E-state index in [4.69, 9.17) is 9.84 Å². The lowest BCUT2D eigenvalue weighted by Gasteiger charge is -2.22. The summed E-state index contributed by atoms with van der Waals surface area (Å²) in [4.78, 5) is 24.3. The zero-order valence-electron chi connectivity index (χ0n) is 14.4. The van der Waals surface area contributed by atoms with E-state index in [9.17, 15) is 9.59 Å². The van der Waals surface area contributed by atoms with Crippen LogP contribution in [-0.4, -0.2) is 29.6 Å². The molecule has 24 heavy (non-hydrogen) atoms. The van der Waals surface area contributed by atoms with Crippen molar-refractivity contribution in [3.8, 4) is 0 Å². The predicted molar refractivity (Wildman–Crippen MR) is 97.9 cm³/mol. The lowest BCUT2D eigenvalue weighted by molar-refractivity contribution is -0.158. The highest BCUT2D eigenvalue weighted by Gasteiger charge is 2.26. The van der Waals surface area contributed by atoms with Crippen LogP contribution in [0.1, 0.15) is 50.4 Å². The monoisotopic (exact) mass is 396 g/mol. The first kappa shape index (κ1) is 20.6. The van der Waals surface area contributed by atoms with E-state index in [1.54, 1.807) is 45.1 Å². The minimum atomic E-state index is -0.589. The number of esters is 1. The van der Waals surface area contributed by atoms with Crippen LogP contribution < -0.4 is 0 Å². The second kappa shape index (κ2) is 9.74. The van der Waals surface area contributed by atoms with Crippen LogP contribution in [0, 0.1) is 5.41 Å². The minimum absolute atomic E-state index is 0.0189. The maximum absolute atomic E-state index is 12.3. The zero-order valence-corrected chi connectivity index (χ0v) is 16.0. The molecule has 132 valence electrons. The molecule has 1 unspecified atom stereocenters. The summed E-state index contributed by atoms with van der Waals surface area (Å²) in [7, 11) is 0. The van der Waals surface area contributed by atoms with E-state index in [1.165, 1.54) is 0 Å². The van der Waals surface area contributed by atoms with E-state index in [-0.39, 0.29) is 24.5 Å². The first-order valence-corrected chi connectivity index (χ1v) is 8.79. The average Bonchev–Trinajstić information content (AvgIpc) is 2.52. The predicted octanol–water partition coefficient (Wildman–Crippen LogP) is 4.31. The number of ketones is 1. The summed E-state index contributed by atoms with van der Waals surface area (Å²) >= 11 is 3.34. The zero-order chi connectivity index (χ0) is 18.2. The average molecular weight is 397 g/mol. The molecule has 0 amide bonds. The van der Waals surface area contributed by atoms with Gasteiger partial charge in [-0.15, -0.1) is 0 Å². The van der Waals surface area contributed by atoms with Gasteiger partial charge in [-0.3, -0.25) is 9.59 Å². The number of rotatable bonds is 8. The quantitative estimate of drug-likeness (QED) is 0.403. The second-order valence-electron chi connectivity index (χ2n) is 6.64. The Bertz CT molecular complexity index is 570. The molecule has 0 radical (unpaired) electrons. The smallest absolute Gasteiger partial charge is 0.311 e. The number of carbonyl (C=O) groups is 2. The highest BCUT2D eigenvalue weighted by Crippen LogP contribution is 2.20. The molecule has 0 spiro atoms. The number of hydrogen-bond donors (Lipinski definition) is 1. The van der Waals surface area contributed by atoms with E-state index in [2.05, 4.69) is 15.9 Å². The molecule has 0 heterocycles. The largest absolute Gasteiger partial charge is 0.462 e. The van der Waals surface area contributed by atoms with Gasteiger partial charge in [-0.2, -0.15) is 0 Å². The van der Waals surface area contributed by atoms with Crippen LogP contribution in [0.4, 0.5) is 0 Å². The Morgan fingerprint density at radius 2 is 1.83 bits per heavy atom. The van der Waals surface area contributed by atoms with Crippen LogP contribution in [-0.2, 0) is 9.53 Å². The van der Waals surface area contributed by atoms with Crippen LogP contribution in [0.3, 0.4) is 0 Å². The van der Waals surface area contributed by atoms with Crippen molar-refractivity contribution in [3.05, 3.63) is 46.5 Å². The SMILES string of the molecule is CC(C)(C)C(=O)OC(C/C=C/CO)CCC(=O)c1ccc(Br)cc1. The molecule has 1 aromatic rings. The van der Waals surface area contributed by atoms with E-state index >= 15 is 0 Å². The first-order valence-electron chi connectivity index (χ1n) is 7.99. The molecule has 1 atom stereocenters. The summed E-state index contributed by atoms with van der Waals surface area (Å²) in [6.07, 6.45) is 4.23. The molecule has 1 N–H and O–H groups in total. The number of ether oxygens (including phenoxy) is 1. The maximum Gasteiger partial charge on any atom is 0.311 e. The van der Waals surface area contributed by atoms with Gasteiger partial charge in [0.05, 0.1) is 12.0 Å². The van der Waals surface area contributed by atoms with Crippen molar-refractivity contribution in [1.82, 2.24) is 0 Å². The third-order valence-electron chi connectivity index (χ3n) is 3.42. The second-order valence-corrected chi connectivity index (χ2v) is 7.55. The van der Waals surface area contributed by atoms with Gasteiger partial charge in [0.2, 0.25) is 0 Å². The standard InChI is InChI=1S/C19H25BrO4/c1-19(2,3)18(23)24-16(6-4-5-13-21)11-12-17(22)14-7-9-15(20)10-8-14/h4-5,7-10,16,21H,6,11-13H2,1-3H3/b5-4+. The number of benzene rings is 1. The Labute approximate surface area is 152 Å². The third kappa shape index (κ3) is 7.41. The fourth-order valence-corrected chi connectivity index (χ4v) is 2.21. The van der Waals surface area contributed by atoms with Crippen molar-refractivity contribution < 1.29 is 19.4 Å². The normalized spacial score (nSPS) is 13.0. The summed E-state index contributed by atoms with van der Waals surface area (Å²) in [5.41, 5.74) is 0.0549. The molecular weight excluding hydrogens is 372 g/mol. The van der Waals surface area contributed by atoms with Crippen molar-refractivity contribution in [1.29, 1.82) is 0 Å². The molecule has 0 aromatic heterocycles. The molecule has 0 saturated carbocycles. The number of halogens is 1. The first-order chi connectivity index (χ1) is 11.2. The van der Waals surface area contributed by atoms with Crippen molar-refractivity contribution in [2.24, 2.45) is 5.41 Å². The van der Waals surface area contributed by atoms with Crippen molar-refractivity contribution in [3.63, 3.8) is 0 Å². The molecule has 1 aromatic carbocycles. The van der Waals surface area contributed by atoms with Crippen LogP contribution in [0.15, 0.2) is 40.9 Å². The number of carbonyl (C=O) groups excluding carboxylic acids is 2. The number of hydrogen-bond acceptors (Lipinski definition) is 4. The molecule has 0 aliphatic rings. The third-order valence-corrected chi connectivity index (χ3v) is 3.95. The van der Waals surface area contributed by atoms with Crippen LogP contribution in [0.5, 0.6) is 0 Å². The van der Waals surface area contributed by atoms with E-state index in [1.807, 2.05) is 12.1 Å². The summed E-state index contributed by atoms with van der Waals surface area (Å²) in [6, 6.07) is 7.20. The summed E-state index contributed by atoms with van der Waals surface area (Å²) in [5.74, 6) is -0.272. The molecule has 0 bridgehead atoms. The number of Topliss-reactive ketones (excluding diaryl/α,β-unsaturated/α-hetero) is 1. The van der Waals surface area contributed by atoms with Crippen LogP contribution >= 0.6 is 15.9 Å². The van der Waals surface area contributed by atoms with Crippen molar-refractivity contribution in [2.45, 2.75) is 46.1 Å². The van der Waals surface area contributed by atoms with Crippen molar-refractivity contribution >= 4 is 27.7 Å². The Morgan fingerprint density at radius 1 is 1.21 bits per heavy atom. The molecular formula is C19H25BrO4. The van der Waals surface area contributed by atoms with Gasteiger partial charge in [0, 0.05) is 22.9 Å². The summed E-state index contributed by atoms with van der Waals surface area (Å²) < 4.78 is 6.46. The van der Waals surface area contributed by atoms with E-state index in [0.29, 0.717) is 24.8 Å². The van der Waals surface area contributed by atoms with Gasteiger partial charge in [0.15, 0.2) is 5.78 Å². The van der Waals surface area contributed by atoms with E-state index < -0.39 is 5.41 Å².